The van der Waals surface area contributed by atoms with E-state index in [0.29, 0.717) is 5.13 Å². The Kier molecular flexibility index (Phi) is 4.68. The third kappa shape index (κ3) is 3.75. The summed E-state index contributed by atoms with van der Waals surface area (Å²) in [5.41, 5.74) is 1.57. The quantitative estimate of drug-likeness (QED) is 0.675. The summed E-state index contributed by atoms with van der Waals surface area (Å²) in [5.74, 6) is 0.769. The molecule has 0 atom stereocenters. The number of carbonyl (C=O) groups is 1. The minimum absolute atomic E-state index is 0.312. The summed E-state index contributed by atoms with van der Waals surface area (Å²) >= 11 is 3.06. The number of nitrogens with one attached hydrogen (secondary N) is 2. The van der Waals surface area contributed by atoms with Gasteiger partial charge in [0, 0.05) is 10.6 Å². The van der Waals surface area contributed by atoms with Crippen LogP contribution in [0.25, 0.3) is 10.2 Å². The maximum Gasteiger partial charge on any atom is 0.325 e. The summed E-state index contributed by atoms with van der Waals surface area (Å²) in [5, 5.41) is 6.10. The zero-order valence-electron chi connectivity index (χ0n) is 12.6. The van der Waals surface area contributed by atoms with Crippen molar-refractivity contribution in [2.75, 3.05) is 24.0 Å². The molecule has 0 spiro atoms. The molecule has 1 aromatic heterocycles. The van der Waals surface area contributed by atoms with Crippen LogP contribution in [0.15, 0.2) is 47.4 Å². The minimum Gasteiger partial charge on any atom is -0.497 e. The molecule has 5 nitrogen and oxygen atoms in total. The first-order valence-corrected chi connectivity index (χ1v) is 8.88. The van der Waals surface area contributed by atoms with E-state index in [1.165, 1.54) is 11.3 Å². The average molecular weight is 345 g/mol. The molecule has 3 rings (SSSR count). The Hall–Kier alpha value is -2.25. The van der Waals surface area contributed by atoms with Gasteiger partial charge in [-0.25, -0.2) is 9.78 Å². The van der Waals surface area contributed by atoms with Gasteiger partial charge in [0.15, 0.2) is 5.13 Å². The molecule has 0 saturated heterocycles. The molecule has 3 aromatic rings. The van der Waals surface area contributed by atoms with E-state index in [1.54, 1.807) is 18.9 Å². The first-order chi connectivity index (χ1) is 11.2. The van der Waals surface area contributed by atoms with Crippen LogP contribution in [0.2, 0.25) is 0 Å². The Labute approximate surface area is 142 Å². The highest BCUT2D eigenvalue weighted by molar-refractivity contribution is 7.98. The van der Waals surface area contributed by atoms with Crippen molar-refractivity contribution in [1.82, 2.24) is 4.98 Å². The molecule has 2 amide bonds. The van der Waals surface area contributed by atoms with Gasteiger partial charge in [-0.1, -0.05) is 11.3 Å². The molecule has 0 unspecified atom stereocenters. The molecule has 2 aromatic carbocycles. The van der Waals surface area contributed by atoms with Gasteiger partial charge in [-0.2, -0.15) is 0 Å². The lowest BCUT2D eigenvalue weighted by Gasteiger charge is -2.05. The van der Waals surface area contributed by atoms with Gasteiger partial charge < -0.3 is 10.1 Å². The summed E-state index contributed by atoms with van der Waals surface area (Å²) in [6.07, 6.45) is 2.01. The molecule has 7 heteroatoms. The van der Waals surface area contributed by atoms with Gasteiger partial charge in [-0.15, -0.1) is 11.8 Å². The molecule has 0 saturated carbocycles. The summed E-state index contributed by atoms with van der Waals surface area (Å²) in [4.78, 5) is 17.6. The van der Waals surface area contributed by atoms with Crippen LogP contribution < -0.4 is 15.4 Å². The molecule has 0 radical (unpaired) electrons. The number of benzene rings is 2. The van der Waals surface area contributed by atoms with E-state index in [4.69, 9.17) is 4.74 Å². The first-order valence-electron chi connectivity index (χ1n) is 6.84. The first kappa shape index (κ1) is 15.6. The highest BCUT2D eigenvalue weighted by atomic mass is 32.2. The number of anilines is 2. The molecule has 0 aliphatic rings. The van der Waals surface area contributed by atoms with Crippen LogP contribution in [0.1, 0.15) is 0 Å². The SMILES string of the molecule is COc1ccc2nc(NC(=O)Nc3ccc(SC)cc3)sc2c1. The number of thioether (sulfide) groups is 1. The zero-order valence-corrected chi connectivity index (χ0v) is 14.3. The Morgan fingerprint density at radius 2 is 1.96 bits per heavy atom. The molecular weight excluding hydrogens is 330 g/mol. The van der Waals surface area contributed by atoms with E-state index < -0.39 is 0 Å². The van der Waals surface area contributed by atoms with E-state index in [0.717, 1.165) is 26.5 Å². The summed E-state index contributed by atoms with van der Waals surface area (Å²) < 4.78 is 6.15. The predicted molar refractivity (Wildman–Crippen MR) is 97.0 cm³/mol. The summed E-state index contributed by atoms with van der Waals surface area (Å²) in [7, 11) is 1.62. The van der Waals surface area contributed by atoms with Gasteiger partial charge in [0.05, 0.1) is 17.3 Å². The average Bonchev–Trinajstić information content (AvgIpc) is 2.96. The lowest BCUT2D eigenvalue weighted by Crippen LogP contribution is -2.19. The highest BCUT2D eigenvalue weighted by Gasteiger charge is 2.08. The molecule has 23 heavy (non-hydrogen) atoms. The van der Waals surface area contributed by atoms with Crippen molar-refractivity contribution in [1.29, 1.82) is 0 Å². The Balaban J connectivity index is 1.69. The normalized spacial score (nSPS) is 10.5. The number of fused-ring (bicyclic) bond motifs is 1. The highest BCUT2D eigenvalue weighted by Crippen LogP contribution is 2.29. The van der Waals surface area contributed by atoms with E-state index in [2.05, 4.69) is 15.6 Å². The van der Waals surface area contributed by atoms with Crippen molar-refractivity contribution >= 4 is 50.2 Å². The van der Waals surface area contributed by atoms with Gasteiger partial charge in [-0.05, 0) is 48.7 Å². The Morgan fingerprint density at radius 1 is 1.17 bits per heavy atom. The zero-order chi connectivity index (χ0) is 16.2. The second-order valence-corrected chi connectivity index (χ2v) is 6.57. The number of urea groups is 1. The topological polar surface area (TPSA) is 63.2 Å². The number of hydrogen-bond acceptors (Lipinski definition) is 5. The van der Waals surface area contributed by atoms with Gasteiger partial charge in [0.1, 0.15) is 5.75 Å². The third-order valence-electron chi connectivity index (χ3n) is 3.16. The Morgan fingerprint density at radius 3 is 2.65 bits per heavy atom. The minimum atomic E-state index is -0.312. The van der Waals surface area contributed by atoms with Crippen molar-refractivity contribution in [2.45, 2.75) is 4.90 Å². The number of ether oxygens (including phenoxy) is 1. The predicted octanol–water partition coefficient (Wildman–Crippen LogP) is 4.67. The van der Waals surface area contributed by atoms with Gasteiger partial charge in [-0.3, -0.25) is 5.32 Å². The fourth-order valence-corrected chi connectivity index (χ4v) is 3.32. The molecule has 1 heterocycles. The van der Waals surface area contributed by atoms with Gasteiger partial charge >= 0.3 is 6.03 Å². The van der Waals surface area contributed by atoms with Gasteiger partial charge in [0.25, 0.3) is 0 Å². The molecular formula is C16H15N3O2S2. The number of carbonyl (C=O) groups excluding carboxylic acids is 1. The molecule has 0 bridgehead atoms. The second-order valence-electron chi connectivity index (χ2n) is 4.66. The summed E-state index contributed by atoms with van der Waals surface area (Å²) in [6, 6.07) is 13.0. The van der Waals surface area contributed by atoms with Crippen molar-refractivity contribution in [3.05, 3.63) is 42.5 Å². The van der Waals surface area contributed by atoms with Crippen molar-refractivity contribution < 1.29 is 9.53 Å². The lowest BCUT2D eigenvalue weighted by atomic mass is 10.3. The van der Waals surface area contributed by atoms with E-state index >= 15 is 0 Å². The van der Waals surface area contributed by atoms with Crippen LogP contribution >= 0.6 is 23.1 Å². The van der Waals surface area contributed by atoms with Crippen LogP contribution in [-0.2, 0) is 0 Å². The van der Waals surface area contributed by atoms with Crippen LogP contribution in [0, 0.1) is 0 Å². The fraction of sp³-hybridized carbons (Fsp3) is 0.125. The number of rotatable bonds is 4. The number of amides is 2. The standard InChI is InChI=1S/C16H15N3O2S2/c1-21-11-5-8-13-14(9-11)23-16(18-13)19-15(20)17-10-3-6-12(22-2)7-4-10/h3-9H,1-2H3,(H2,17,18,19,20). The molecule has 118 valence electrons. The van der Waals surface area contributed by atoms with E-state index in [9.17, 15) is 4.79 Å². The molecule has 2 N–H and O–H groups in total. The van der Waals surface area contributed by atoms with Crippen molar-refractivity contribution in [2.24, 2.45) is 0 Å². The fourth-order valence-electron chi connectivity index (χ4n) is 2.02. The van der Waals surface area contributed by atoms with Crippen LogP contribution in [0.5, 0.6) is 5.75 Å². The van der Waals surface area contributed by atoms with Gasteiger partial charge in [0.2, 0.25) is 0 Å². The largest absolute Gasteiger partial charge is 0.497 e. The Bertz CT molecular complexity index is 831. The maximum absolute atomic E-state index is 12.1. The van der Waals surface area contributed by atoms with Crippen molar-refractivity contribution in [3.8, 4) is 5.75 Å². The number of nitrogens with zero attached hydrogens (tertiary/aromatic N) is 1. The second kappa shape index (κ2) is 6.89. The van der Waals surface area contributed by atoms with E-state index in [-0.39, 0.29) is 6.03 Å². The van der Waals surface area contributed by atoms with Crippen LogP contribution in [0.4, 0.5) is 15.6 Å². The molecule has 0 aliphatic carbocycles. The van der Waals surface area contributed by atoms with Crippen LogP contribution in [0.3, 0.4) is 0 Å². The molecule has 0 aliphatic heterocycles. The maximum atomic E-state index is 12.1. The van der Waals surface area contributed by atoms with E-state index in [1.807, 2.05) is 48.7 Å². The number of thiazole rings is 1. The number of aromatic nitrogens is 1. The smallest absolute Gasteiger partial charge is 0.325 e. The lowest BCUT2D eigenvalue weighted by molar-refractivity contribution is 0.262. The summed E-state index contributed by atoms with van der Waals surface area (Å²) in [6.45, 7) is 0. The van der Waals surface area contributed by atoms with Crippen molar-refractivity contribution in [3.63, 3.8) is 0 Å². The molecule has 0 fully saturated rings. The monoisotopic (exact) mass is 345 g/mol. The number of hydrogen-bond donors (Lipinski definition) is 2. The number of methoxy groups -OCH3 is 1. The van der Waals surface area contributed by atoms with Crippen LogP contribution in [-0.4, -0.2) is 24.4 Å². The third-order valence-corrected chi connectivity index (χ3v) is 4.84.